The summed E-state index contributed by atoms with van der Waals surface area (Å²) in [6.07, 6.45) is 3.19. The molecular formula is C17H28N2O2. The smallest absolute Gasteiger partial charge is 0.119 e. The van der Waals surface area contributed by atoms with Crippen molar-refractivity contribution in [1.29, 1.82) is 0 Å². The predicted molar refractivity (Wildman–Crippen MR) is 85.6 cm³/mol. The summed E-state index contributed by atoms with van der Waals surface area (Å²) < 4.78 is 11.2. The molecule has 1 unspecified atom stereocenters. The van der Waals surface area contributed by atoms with Crippen LogP contribution in [0, 0.1) is 0 Å². The summed E-state index contributed by atoms with van der Waals surface area (Å²) in [5.41, 5.74) is 7.29. The molecule has 0 saturated carbocycles. The van der Waals surface area contributed by atoms with Crippen LogP contribution in [-0.4, -0.2) is 44.4 Å². The summed E-state index contributed by atoms with van der Waals surface area (Å²) in [6, 6.07) is 9.13. The lowest BCUT2D eigenvalue weighted by Gasteiger charge is -2.37. The highest BCUT2D eigenvalue weighted by Gasteiger charge is 2.25. The van der Waals surface area contributed by atoms with Gasteiger partial charge in [0.25, 0.3) is 0 Å². The Morgan fingerprint density at radius 3 is 2.81 bits per heavy atom. The molecule has 2 rings (SSSR count). The van der Waals surface area contributed by atoms with Gasteiger partial charge in [-0.1, -0.05) is 19.1 Å². The van der Waals surface area contributed by atoms with E-state index in [9.17, 15) is 0 Å². The Morgan fingerprint density at radius 1 is 1.38 bits per heavy atom. The Hall–Kier alpha value is -1.10. The van der Waals surface area contributed by atoms with E-state index in [0.717, 1.165) is 44.8 Å². The Bertz CT molecular complexity index is 419. The first-order valence-electron chi connectivity index (χ1n) is 7.98. The molecule has 1 atom stereocenters. The van der Waals surface area contributed by atoms with Crippen LogP contribution in [0.3, 0.4) is 0 Å². The van der Waals surface area contributed by atoms with Crippen molar-refractivity contribution in [1.82, 2.24) is 4.90 Å². The molecule has 0 radical (unpaired) electrons. The fourth-order valence-corrected chi connectivity index (χ4v) is 2.92. The zero-order valence-corrected chi connectivity index (χ0v) is 13.3. The van der Waals surface area contributed by atoms with E-state index in [2.05, 4.69) is 37.1 Å². The molecule has 1 saturated heterocycles. The highest BCUT2D eigenvalue weighted by atomic mass is 16.5. The molecule has 21 heavy (non-hydrogen) atoms. The van der Waals surface area contributed by atoms with Crippen LogP contribution in [-0.2, 0) is 4.74 Å². The molecule has 0 amide bonds. The van der Waals surface area contributed by atoms with Crippen molar-refractivity contribution < 1.29 is 9.47 Å². The second-order valence-corrected chi connectivity index (χ2v) is 5.68. The Balaban J connectivity index is 2.08. The minimum atomic E-state index is 0.235. The number of nitrogens with two attached hydrogens (primary N) is 1. The maximum absolute atomic E-state index is 6.05. The van der Waals surface area contributed by atoms with E-state index in [1.807, 2.05) is 6.07 Å². The van der Waals surface area contributed by atoms with Crippen LogP contribution in [0.2, 0.25) is 0 Å². The summed E-state index contributed by atoms with van der Waals surface area (Å²) in [4.78, 5) is 2.40. The summed E-state index contributed by atoms with van der Waals surface area (Å²) in [5, 5.41) is 0. The van der Waals surface area contributed by atoms with E-state index < -0.39 is 0 Å². The minimum Gasteiger partial charge on any atom is -0.494 e. The Morgan fingerprint density at radius 2 is 2.14 bits per heavy atom. The van der Waals surface area contributed by atoms with Crippen LogP contribution < -0.4 is 10.5 Å². The van der Waals surface area contributed by atoms with E-state index in [1.165, 1.54) is 5.56 Å². The Kier molecular flexibility index (Phi) is 6.49. The lowest BCUT2D eigenvalue weighted by Crippen LogP contribution is -2.41. The number of ether oxygens (including phenoxy) is 2. The van der Waals surface area contributed by atoms with Crippen molar-refractivity contribution in [3.63, 3.8) is 0 Å². The SMILES string of the molecule is CCCOc1cccc(C(CN)N(C)C2CCOCC2)c1. The van der Waals surface area contributed by atoms with Gasteiger partial charge in [-0.05, 0) is 44.0 Å². The second kappa shape index (κ2) is 8.37. The third-order valence-electron chi connectivity index (χ3n) is 4.20. The summed E-state index contributed by atoms with van der Waals surface area (Å²) >= 11 is 0. The average Bonchev–Trinajstić information content (AvgIpc) is 2.55. The van der Waals surface area contributed by atoms with Gasteiger partial charge in [0.1, 0.15) is 5.75 Å². The summed E-state index contributed by atoms with van der Waals surface area (Å²) in [5.74, 6) is 0.938. The fraction of sp³-hybridized carbons (Fsp3) is 0.647. The van der Waals surface area contributed by atoms with Crippen LogP contribution in [0.15, 0.2) is 24.3 Å². The van der Waals surface area contributed by atoms with Crippen LogP contribution in [0.25, 0.3) is 0 Å². The molecule has 0 spiro atoms. The molecule has 1 aromatic rings. The molecule has 0 bridgehead atoms. The lowest BCUT2D eigenvalue weighted by atomic mass is 10.0. The molecular weight excluding hydrogens is 264 g/mol. The van der Waals surface area contributed by atoms with Gasteiger partial charge >= 0.3 is 0 Å². The quantitative estimate of drug-likeness (QED) is 0.839. The third kappa shape index (κ3) is 4.43. The van der Waals surface area contributed by atoms with E-state index in [1.54, 1.807) is 0 Å². The molecule has 4 heteroatoms. The first kappa shape index (κ1) is 16.3. The highest BCUT2D eigenvalue weighted by Crippen LogP contribution is 2.27. The van der Waals surface area contributed by atoms with Crippen LogP contribution in [0.4, 0.5) is 0 Å². The molecule has 2 N–H and O–H groups in total. The maximum Gasteiger partial charge on any atom is 0.119 e. The molecule has 0 aliphatic carbocycles. The van der Waals surface area contributed by atoms with Gasteiger partial charge in [-0.2, -0.15) is 0 Å². The highest BCUT2D eigenvalue weighted by molar-refractivity contribution is 5.31. The van der Waals surface area contributed by atoms with E-state index in [-0.39, 0.29) is 6.04 Å². The molecule has 1 aliphatic rings. The number of hydrogen-bond acceptors (Lipinski definition) is 4. The van der Waals surface area contributed by atoms with Crippen LogP contribution in [0.5, 0.6) is 5.75 Å². The molecule has 1 heterocycles. The van der Waals surface area contributed by atoms with Crippen molar-refractivity contribution in [2.24, 2.45) is 5.73 Å². The topological polar surface area (TPSA) is 47.7 Å². The average molecular weight is 292 g/mol. The third-order valence-corrected chi connectivity index (χ3v) is 4.20. The van der Waals surface area contributed by atoms with E-state index in [4.69, 9.17) is 15.2 Å². The molecule has 118 valence electrons. The van der Waals surface area contributed by atoms with Crippen LogP contribution in [0.1, 0.15) is 37.8 Å². The fourth-order valence-electron chi connectivity index (χ4n) is 2.92. The van der Waals surface area contributed by atoms with Gasteiger partial charge in [0.2, 0.25) is 0 Å². The second-order valence-electron chi connectivity index (χ2n) is 5.68. The minimum absolute atomic E-state index is 0.235. The van der Waals surface area contributed by atoms with E-state index in [0.29, 0.717) is 12.6 Å². The van der Waals surface area contributed by atoms with Gasteiger partial charge in [0.15, 0.2) is 0 Å². The van der Waals surface area contributed by atoms with Crippen molar-refractivity contribution in [2.45, 2.75) is 38.3 Å². The van der Waals surface area contributed by atoms with Gasteiger partial charge in [-0.3, -0.25) is 4.90 Å². The standard InChI is InChI=1S/C17H28N2O2/c1-3-9-21-16-6-4-5-14(12-16)17(13-18)19(2)15-7-10-20-11-8-15/h4-6,12,15,17H,3,7-11,13,18H2,1-2H3. The Labute approximate surface area is 128 Å². The normalized spacial score (nSPS) is 17.9. The van der Waals surface area contributed by atoms with Gasteiger partial charge in [0.05, 0.1) is 6.61 Å². The van der Waals surface area contributed by atoms with E-state index >= 15 is 0 Å². The van der Waals surface area contributed by atoms with Gasteiger partial charge < -0.3 is 15.2 Å². The van der Waals surface area contributed by atoms with Crippen molar-refractivity contribution in [2.75, 3.05) is 33.4 Å². The van der Waals surface area contributed by atoms with Crippen LogP contribution >= 0.6 is 0 Å². The zero-order valence-electron chi connectivity index (χ0n) is 13.3. The number of benzene rings is 1. The first-order valence-corrected chi connectivity index (χ1v) is 7.98. The maximum atomic E-state index is 6.05. The number of rotatable bonds is 7. The van der Waals surface area contributed by atoms with Crippen molar-refractivity contribution in [3.05, 3.63) is 29.8 Å². The number of likely N-dealkylation sites (N-methyl/N-ethyl adjacent to an activating group) is 1. The van der Waals surface area contributed by atoms with Gasteiger partial charge in [-0.25, -0.2) is 0 Å². The molecule has 1 fully saturated rings. The number of nitrogens with zero attached hydrogens (tertiary/aromatic N) is 1. The monoisotopic (exact) mass is 292 g/mol. The number of hydrogen-bond donors (Lipinski definition) is 1. The van der Waals surface area contributed by atoms with Crippen molar-refractivity contribution in [3.8, 4) is 5.75 Å². The lowest BCUT2D eigenvalue weighted by molar-refractivity contribution is 0.0293. The first-order chi connectivity index (χ1) is 10.3. The molecule has 0 aromatic heterocycles. The summed E-state index contributed by atoms with van der Waals surface area (Å²) in [7, 11) is 2.17. The zero-order chi connectivity index (χ0) is 15.1. The largest absolute Gasteiger partial charge is 0.494 e. The molecule has 4 nitrogen and oxygen atoms in total. The van der Waals surface area contributed by atoms with Crippen molar-refractivity contribution >= 4 is 0 Å². The summed E-state index contributed by atoms with van der Waals surface area (Å²) in [6.45, 7) is 5.20. The molecule has 1 aliphatic heterocycles. The molecule has 1 aromatic carbocycles. The van der Waals surface area contributed by atoms with Gasteiger partial charge in [0, 0.05) is 31.8 Å². The predicted octanol–water partition coefficient (Wildman–Crippen LogP) is 2.59. The van der Waals surface area contributed by atoms with Gasteiger partial charge in [-0.15, -0.1) is 0 Å².